The van der Waals surface area contributed by atoms with E-state index < -0.39 is 108 Å². The molecule has 0 aliphatic carbocycles. The maximum Gasteiger partial charge on any atom is 0.498 e. The molecule has 12 rings (SSSR count). The second kappa shape index (κ2) is 34.9. The molecular formula is C70H97B2ClF6N18O14. The van der Waals surface area contributed by atoms with E-state index in [4.69, 9.17) is 82.4 Å². The van der Waals surface area contributed by atoms with Crippen LogP contribution < -0.4 is 46.1 Å². The van der Waals surface area contributed by atoms with Crippen LogP contribution in [-0.4, -0.2) is 230 Å². The summed E-state index contributed by atoms with van der Waals surface area (Å²) in [7, 11) is 4.23. The van der Waals surface area contributed by atoms with Crippen molar-refractivity contribution in [2.24, 2.45) is 0 Å². The van der Waals surface area contributed by atoms with Gasteiger partial charge in [-0.3, -0.25) is 0 Å². The first kappa shape index (κ1) is 86.6. The number of nitrogen functional groups attached to an aromatic ring is 1. The van der Waals surface area contributed by atoms with E-state index >= 15 is 0 Å². The summed E-state index contributed by atoms with van der Waals surface area (Å²) in [5.41, 5.74) is -1.86. The molecule has 5 aromatic rings. The number of carbonyl (C=O) groups is 4. The molecule has 2 radical (unpaired) electrons. The third kappa shape index (κ3) is 22.1. The Kier molecular flexibility index (Phi) is 27.2. The lowest BCUT2D eigenvalue weighted by Gasteiger charge is -2.36. The SMILES string of the molecule is CC(C)(C)OC(=O)N(C(=O)OC(C)(C)C)c1ncc(B2OC(C)(C)C(C)(C)O2)c(C(F)F)n1.C[C@H]1COCCN1c1nc(-c2cnc(N)cc2C(F)F)nc(N2C3CCC2COC3)n1.C[C@H]1COCCN1c1nc(Cl)nc(N2C3CCC2COC3)n1.[B]c1cnc(N(C(=O)OC(C)(C)C)C(=O)OC(C)(C)C)nc1C(F)F. The highest BCUT2D eigenvalue weighted by atomic mass is 35.5. The zero-order chi connectivity index (χ0) is 81.8. The van der Waals surface area contributed by atoms with Crippen LogP contribution in [0.25, 0.3) is 11.4 Å². The molecule has 4 unspecified atom stereocenters. The molecule has 6 atom stereocenters. The Morgan fingerprint density at radius 1 is 0.532 bits per heavy atom. The van der Waals surface area contributed by atoms with Crippen LogP contribution in [0.4, 0.5) is 87.0 Å². The normalized spacial score (nSPS) is 21.5. The third-order valence-electron chi connectivity index (χ3n) is 18.1. The molecule has 111 heavy (non-hydrogen) atoms. The minimum absolute atomic E-state index is 0.0292. The number of anilines is 7. The maximum absolute atomic E-state index is 14.0. The number of aromatic nitrogens is 11. The van der Waals surface area contributed by atoms with Gasteiger partial charge in [-0.05, 0) is 168 Å². The number of imide groups is 2. The van der Waals surface area contributed by atoms with E-state index in [1.165, 1.54) is 12.3 Å². The van der Waals surface area contributed by atoms with Gasteiger partial charge in [-0.15, -0.1) is 9.80 Å². The molecule has 0 spiro atoms. The van der Waals surface area contributed by atoms with Crippen LogP contribution in [0.15, 0.2) is 24.7 Å². The monoisotopic (exact) mass is 1580 g/mol. The number of nitrogens with zero attached hydrogens (tertiary/aromatic N) is 17. The Morgan fingerprint density at radius 3 is 1.31 bits per heavy atom. The van der Waals surface area contributed by atoms with Gasteiger partial charge in [0.15, 0.2) is 5.82 Å². The van der Waals surface area contributed by atoms with Crippen molar-refractivity contribution in [2.45, 2.75) is 239 Å². The van der Waals surface area contributed by atoms with Crippen molar-refractivity contribution in [3.05, 3.63) is 46.9 Å². The van der Waals surface area contributed by atoms with Gasteiger partial charge in [0.1, 0.15) is 47.5 Å². The Bertz CT molecular complexity index is 4010. The first-order valence-corrected chi connectivity index (χ1v) is 36.6. The average molecular weight is 1590 g/mol. The van der Waals surface area contributed by atoms with E-state index in [0.717, 1.165) is 57.8 Å². The summed E-state index contributed by atoms with van der Waals surface area (Å²) in [6.45, 7) is 36.8. The van der Waals surface area contributed by atoms with E-state index in [1.807, 2.05) is 11.8 Å². The lowest BCUT2D eigenvalue weighted by molar-refractivity contribution is 0.00578. The van der Waals surface area contributed by atoms with Gasteiger partial charge in [0, 0.05) is 48.3 Å². The Hall–Kier alpha value is -8.43. The largest absolute Gasteiger partial charge is 0.498 e. The molecule has 7 aliphatic heterocycles. The Morgan fingerprint density at radius 2 is 0.910 bits per heavy atom. The van der Waals surface area contributed by atoms with Crippen molar-refractivity contribution in [1.82, 2.24) is 54.8 Å². The molecule has 5 aromatic heterocycles. The lowest BCUT2D eigenvalue weighted by atomic mass is 9.79. The van der Waals surface area contributed by atoms with Crippen LogP contribution >= 0.6 is 11.6 Å². The van der Waals surface area contributed by atoms with Gasteiger partial charge in [-0.2, -0.15) is 29.9 Å². The van der Waals surface area contributed by atoms with Crippen molar-refractivity contribution >= 4 is 103 Å². The zero-order valence-corrected chi connectivity index (χ0v) is 66.4. The summed E-state index contributed by atoms with van der Waals surface area (Å²) in [6, 6.07) is 2.52. The van der Waals surface area contributed by atoms with Gasteiger partial charge in [0.05, 0.1) is 100 Å². The number of morpholine rings is 4. The number of rotatable bonds is 11. The second-order valence-corrected chi connectivity index (χ2v) is 32.5. The average Bonchev–Trinajstić information content (AvgIpc) is 1.69. The summed E-state index contributed by atoms with van der Waals surface area (Å²) in [5.74, 6) is 1.25. The highest BCUT2D eigenvalue weighted by Gasteiger charge is 2.54. The second-order valence-electron chi connectivity index (χ2n) is 32.2. The van der Waals surface area contributed by atoms with Crippen LogP contribution in [-0.2, 0) is 47.2 Å². The molecule has 7 fully saturated rings. The first-order chi connectivity index (χ1) is 51.7. The summed E-state index contributed by atoms with van der Waals surface area (Å²) in [5, 5.41) is 0.254. The molecule has 7 saturated heterocycles. The van der Waals surface area contributed by atoms with E-state index in [1.54, 1.807) is 111 Å². The molecule has 606 valence electrons. The molecular weight excluding hydrogens is 1490 g/mol. The number of fused-ring (bicyclic) bond motifs is 4. The van der Waals surface area contributed by atoms with Gasteiger partial charge in [0.25, 0.3) is 19.3 Å². The number of amides is 4. The fourth-order valence-corrected chi connectivity index (χ4v) is 12.5. The molecule has 2 N–H and O–H groups in total. The van der Waals surface area contributed by atoms with Crippen LogP contribution in [0.1, 0.15) is 187 Å². The van der Waals surface area contributed by atoms with Gasteiger partial charge in [-0.25, -0.2) is 70.4 Å². The molecule has 7 aliphatic rings. The van der Waals surface area contributed by atoms with Gasteiger partial charge >= 0.3 is 31.5 Å². The van der Waals surface area contributed by atoms with Crippen molar-refractivity contribution < 1.29 is 92.7 Å². The predicted molar refractivity (Wildman–Crippen MR) is 398 cm³/mol. The molecule has 32 nitrogen and oxygen atoms in total. The lowest BCUT2D eigenvalue weighted by Crippen LogP contribution is -2.48. The minimum Gasteiger partial charge on any atom is -0.443 e. The molecule has 0 aromatic carbocycles. The van der Waals surface area contributed by atoms with Crippen molar-refractivity contribution in [2.75, 3.05) is 101 Å². The number of hydrogen-bond acceptors (Lipinski definition) is 30. The highest BCUT2D eigenvalue weighted by molar-refractivity contribution is 6.62. The van der Waals surface area contributed by atoms with Gasteiger partial charge in [0.2, 0.25) is 41.0 Å². The van der Waals surface area contributed by atoms with Gasteiger partial charge < -0.3 is 72.5 Å². The summed E-state index contributed by atoms with van der Waals surface area (Å²) >= 11 is 6.17. The number of alkyl halides is 6. The number of carbonyl (C=O) groups excluding carboxylic acids is 4. The first-order valence-electron chi connectivity index (χ1n) is 36.2. The number of ether oxygens (including phenoxy) is 8. The van der Waals surface area contributed by atoms with Crippen molar-refractivity contribution in [3.63, 3.8) is 0 Å². The van der Waals surface area contributed by atoms with Crippen LogP contribution in [0.2, 0.25) is 5.28 Å². The number of hydrogen-bond donors (Lipinski definition) is 1. The van der Waals surface area contributed by atoms with Crippen LogP contribution in [0.5, 0.6) is 0 Å². The summed E-state index contributed by atoms with van der Waals surface area (Å²) in [4.78, 5) is 106. The quantitative estimate of drug-likeness (QED) is 0.0729. The fraction of sp³-hybridized carbons (Fsp3) is 0.671. The number of pyridine rings is 1. The smallest absolute Gasteiger partial charge is 0.443 e. The topological polar surface area (TPSA) is 348 Å². The number of nitrogens with two attached hydrogens (primary N) is 1. The molecule has 41 heteroatoms. The van der Waals surface area contributed by atoms with E-state index in [0.29, 0.717) is 91.9 Å². The van der Waals surface area contributed by atoms with Crippen molar-refractivity contribution in [1.29, 1.82) is 0 Å². The molecule has 0 saturated carbocycles. The predicted octanol–water partition coefficient (Wildman–Crippen LogP) is 10.4. The van der Waals surface area contributed by atoms with Crippen LogP contribution in [0, 0.1) is 0 Å². The molecule has 12 heterocycles. The Balaban J connectivity index is 0.000000172. The summed E-state index contributed by atoms with van der Waals surface area (Å²) in [6.07, 6.45) is -6.00. The van der Waals surface area contributed by atoms with Gasteiger partial charge in [-0.1, -0.05) is 5.46 Å². The van der Waals surface area contributed by atoms with E-state index in [-0.39, 0.29) is 63.1 Å². The molecule has 4 amide bonds. The maximum atomic E-state index is 14.0. The van der Waals surface area contributed by atoms with E-state index in [2.05, 4.69) is 66.5 Å². The number of halogens is 7. The minimum atomic E-state index is -3.07. The molecule has 4 bridgehead atoms. The van der Waals surface area contributed by atoms with Crippen molar-refractivity contribution in [3.8, 4) is 11.4 Å². The third-order valence-corrected chi connectivity index (χ3v) is 18.3. The highest BCUT2D eigenvalue weighted by Crippen LogP contribution is 2.40. The fourth-order valence-electron chi connectivity index (χ4n) is 12.3. The standard InChI is InChI=1S/C21H32BF2N3O6.C20H25F2N7O2.C15H20BF2N3O4.C14H20ClN5O2/c1-18(2,3)30-16(28)27(17(29)31-19(4,5)6)15-25-11-12(13(26-15)14(23)24)22-32-20(7,8)21(9,10)33-22;1-11-8-30-5-4-28(11)19-25-18(15-7-24-16(23)6-14(15)17(21)22)26-20(27-19)29-12-2-3-13(29)10-31-9-12;1-14(2,3)24-12(22)21(13(23)25-15(4,5)6)11-19-7-8(16)9(20-11)10(17)18;1-9-6-21-5-4-19(9)13-16-12(15)17-14(18-13)20-10-2-3-11(20)8-22-7-10/h11,14H,1-10H3;6-7,11-13,17H,2-5,8-10H2,1H3,(H2,23,24);7,10H,1-6H3;9-11H,2-8H2,1H3/t;11-,12?,13?;;9-,10?,11?/m.0.0/s1. The zero-order valence-electron chi connectivity index (χ0n) is 65.6. The van der Waals surface area contributed by atoms with Crippen LogP contribution in [0.3, 0.4) is 0 Å². The Labute approximate surface area is 647 Å². The van der Waals surface area contributed by atoms with E-state index in [9.17, 15) is 45.5 Å². The summed E-state index contributed by atoms with van der Waals surface area (Å²) < 4.78 is 136.